The van der Waals surface area contributed by atoms with Crippen LogP contribution in [-0.4, -0.2) is 90.3 Å². The second-order valence-electron chi connectivity index (χ2n) is 17.2. The van der Waals surface area contributed by atoms with E-state index in [1.54, 1.807) is 0 Å². The van der Waals surface area contributed by atoms with Crippen molar-refractivity contribution in [1.82, 2.24) is 0 Å². The summed E-state index contributed by atoms with van der Waals surface area (Å²) in [6.07, 6.45) is -3.34. The highest BCUT2D eigenvalue weighted by atomic mass is 28.4. The van der Waals surface area contributed by atoms with Gasteiger partial charge in [-0.3, -0.25) is 4.79 Å². The number of carbonyl (C=O) groups excluding carboxylic acids is 2. The smallest absolute Gasteiger partial charge is 0.426 e. The average Bonchev–Trinajstić information content (AvgIpc) is 3.35. The van der Waals surface area contributed by atoms with Gasteiger partial charge in [0.1, 0.15) is 11.7 Å². The van der Waals surface area contributed by atoms with Gasteiger partial charge in [-0.05, 0) is 80.9 Å². The zero-order chi connectivity index (χ0) is 35.9. The van der Waals surface area contributed by atoms with Gasteiger partial charge < -0.3 is 32.6 Å². The lowest BCUT2D eigenvalue weighted by molar-refractivity contribution is -0.332. The summed E-state index contributed by atoms with van der Waals surface area (Å²) >= 11 is 0. The Morgan fingerprint density at radius 2 is 1.40 bits per heavy atom. The van der Waals surface area contributed by atoms with Crippen LogP contribution in [0.15, 0.2) is 11.1 Å². The van der Waals surface area contributed by atoms with Crippen molar-refractivity contribution in [3.63, 3.8) is 0 Å². The lowest BCUT2D eigenvalue weighted by Gasteiger charge is -2.67. The molecule has 0 aromatic rings. The molecule has 1 spiro atoms. The van der Waals surface area contributed by atoms with Gasteiger partial charge in [0.15, 0.2) is 42.4 Å². The van der Waals surface area contributed by atoms with Gasteiger partial charge in [-0.25, -0.2) is 4.79 Å². The molecule has 2 saturated carbocycles. The van der Waals surface area contributed by atoms with Crippen molar-refractivity contribution in [2.24, 2.45) is 16.7 Å². The molecule has 5 aliphatic rings. The first-order chi connectivity index (χ1) is 22.2. The van der Waals surface area contributed by atoms with E-state index in [2.05, 4.69) is 82.0 Å². The summed E-state index contributed by atoms with van der Waals surface area (Å²) in [6, 6.07) is 5.35. The molecule has 9 atom stereocenters. The Hall–Kier alpha value is -0.869. The van der Waals surface area contributed by atoms with Gasteiger partial charge >= 0.3 is 6.16 Å². The zero-order valence-electron chi connectivity index (χ0n) is 32.0. The van der Waals surface area contributed by atoms with Crippen molar-refractivity contribution >= 4 is 36.9 Å². The molecule has 274 valence electrons. The van der Waals surface area contributed by atoms with Crippen LogP contribution in [-0.2, 0) is 32.3 Å². The van der Waals surface area contributed by atoms with Crippen LogP contribution in [0.2, 0.25) is 55.9 Å². The van der Waals surface area contributed by atoms with Crippen molar-refractivity contribution in [3.05, 3.63) is 11.1 Å². The minimum Gasteiger partial charge on any atom is -0.426 e. The molecule has 1 unspecified atom stereocenters. The molecule has 0 amide bonds. The number of ether oxygens (including phenoxy) is 3. The second-order valence-corrected chi connectivity index (χ2v) is 31.1. The number of ketones is 1. The van der Waals surface area contributed by atoms with Gasteiger partial charge in [0.25, 0.3) is 0 Å². The van der Waals surface area contributed by atoms with Crippen LogP contribution in [0, 0.1) is 16.7 Å². The van der Waals surface area contributed by atoms with Crippen LogP contribution in [0.3, 0.4) is 0 Å². The molecule has 9 nitrogen and oxygen atoms in total. The topological polar surface area (TPSA) is 110 Å². The van der Waals surface area contributed by atoms with Gasteiger partial charge in [0.05, 0.1) is 30.3 Å². The summed E-state index contributed by atoms with van der Waals surface area (Å²) in [7, 11) is -6.81. The third-order valence-corrected chi connectivity index (χ3v) is 24.1. The van der Waals surface area contributed by atoms with Gasteiger partial charge in [0.2, 0.25) is 0 Å². The first-order valence-corrected chi connectivity index (χ1v) is 27.2. The minimum atomic E-state index is -2.41. The van der Waals surface area contributed by atoms with E-state index in [0.29, 0.717) is 12.8 Å². The number of aliphatic hydroxyl groups is 1. The van der Waals surface area contributed by atoms with Crippen LogP contribution < -0.4 is 0 Å². The summed E-state index contributed by atoms with van der Waals surface area (Å²) in [4.78, 5) is 29.7. The third-order valence-electron chi connectivity index (χ3n) is 13.9. The van der Waals surface area contributed by atoms with Crippen molar-refractivity contribution in [2.45, 2.75) is 180 Å². The van der Waals surface area contributed by atoms with E-state index < -0.39 is 89.6 Å². The Bertz CT molecular complexity index is 1290. The molecule has 0 aromatic heterocycles. The van der Waals surface area contributed by atoms with Crippen LogP contribution >= 0.6 is 0 Å². The predicted molar refractivity (Wildman–Crippen MR) is 193 cm³/mol. The highest BCUT2D eigenvalue weighted by Crippen LogP contribution is 2.66. The molecule has 0 aromatic carbocycles. The Morgan fingerprint density at radius 3 is 1.88 bits per heavy atom. The number of hydrogen-bond acceptors (Lipinski definition) is 9. The maximum absolute atomic E-state index is 16.1. The first kappa shape index (κ1) is 38.4. The Morgan fingerprint density at radius 1 is 0.854 bits per heavy atom. The van der Waals surface area contributed by atoms with E-state index >= 15 is 4.79 Å². The number of hydrogen-bond donors (Lipinski definition) is 1. The highest BCUT2D eigenvalue weighted by molar-refractivity contribution is 6.74. The molecule has 48 heavy (non-hydrogen) atoms. The molecule has 2 saturated heterocycles. The summed E-state index contributed by atoms with van der Waals surface area (Å²) in [5.41, 5.74) is -2.94. The minimum absolute atomic E-state index is 0.0556. The summed E-state index contributed by atoms with van der Waals surface area (Å²) in [5, 5.41) is 12.7. The van der Waals surface area contributed by atoms with Gasteiger partial charge in [-0.15, -0.1) is 0 Å². The quantitative estimate of drug-likeness (QED) is 0.123. The molecule has 12 heteroatoms. The maximum Gasteiger partial charge on any atom is 0.509 e. The van der Waals surface area contributed by atoms with Crippen LogP contribution in [0.5, 0.6) is 0 Å². The second kappa shape index (κ2) is 12.7. The summed E-state index contributed by atoms with van der Waals surface area (Å²) in [6.45, 7) is 27.8. The molecule has 3 aliphatic carbocycles. The lowest BCUT2D eigenvalue weighted by atomic mass is 9.45. The predicted octanol–water partition coefficient (Wildman–Crippen LogP) is 7.75. The monoisotopic (exact) mass is 724 g/mol. The van der Waals surface area contributed by atoms with Crippen molar-refractivity contribution in [2.75, 3.05) is 6.61 Å². The highest BCUT2D eigenvalue weighted by Gasteiger charge is 2.79. The summed E-state index contributed by atoms with van der Waals surface area (Å²) < 4.78 is 40.6. The molecular weight excluding hydrogens is 661 g/mol. The van der Waals surface area contributed by atoms with Gasteiger partial charge in [-0.2, -0.15) is 0 Å². The maximum atomic E-state index is 16.1. The largest absolute Gasteiger partial charge is 0.509 e. The molecule has 5 rings (SSSR count). The molecular formula is C36H64O9Si3. The van der Waals surface area contributed by atoms with Gasteiger partial charge in [0, 0.05) is 24.2 Å². The van der Waals surface area contributed by atoms with E-state index in [1.807, 2.05) is 6.92 Å². The Labute approximate surface area is 292 Å². The van der Waals surface area contributed by atoms with Crippen molar-refractivity contribution in [1.29, 1.82) is 0 Å². The molecule has 4 fully saturated rings. The SMILES string of the molecule is CC[Si](CC)(CC)O[C@H]1C(=O)[C@@]2(C)C([C@@H]3OC(=O)O[C@]34C[C@H](O[Si](C)(C)C)C(C)=C1C4(C)C)[C@]1(O)CO[C@@H]1C[C@@H]2O[Si](CC)(CC)CC. The molecule has 2 bridgehead atoms. The number of rotatable bonds is 12. The normalized spacial score (nSPS) is 39.4. The van der Waals surface area contributed by atoms with E-state index in [1.165, 1.54) is 0 Å². The van der Waals surface area contributed by atoms with E-state index in [0.717, 1.165) is 47.4 Å². The first-order valence-electron chi connectivity index (χ1n) is 18.8. The molecule has 2 heterocycles. The van der Waals surface area contributed by atoms with Crippen molar-refractivity contribution < 1.29 is 42.2 Å². The number of carbonyl (C=O) groups is 2. The zero-order valence-corrected chi connectivity index (χ0v) is 35.0. The summed E-state index contributed by atoms with van der Waals surface area (Å²) in [5.74, 6) is -0.917. The Kier molecular flexibility index (Phi) is 10.1. The molecule has 1 N–H and O–H groups in total. The average molecular weight is 725 g/mol. The van der Waals surface area contributed by atoms with Crippen LogP contribution in [0.4, 0.5) is 4.79 Å². The number of Topliss-reactive ketones (excluding diaryl/α,β-unsaturated/α-hetero) is 1. The fourth-order valence-electron chi connectivity index (χ4n) is 10.3. The van der Waals surface area contributed by atoms with E-state index in [4.69, 9.17) is 27.5 Å². The van der Waals surface area contributed by atoms with E-state index in [9.17, 15) is 9.90 Å². The standard InChI is InChI=1S/C36H64O9Si3/c1-14-47(15-2,16-3)44-25-20-26-35(39,22-40-26)29-31-36(42-32(38)41-31)21-24(43-46(11,12)13)23(7)27(33(36,8)9)28(30(37)34(25,29)10)45-48(17-4,18-5)19-6/h24-26,28-29,31,39H,14-22H2,1-13H3/t24-,25-,26+,28+,29?,31-,34+,35-,36+/m0/s1. The molecule has 0 radical (unpaired) electrons. The fraction of sp³-hybridized carbons (Fsp3) is 0.889. The fourth-order valence-corrected chi connectivity index (χ4v) is 17.1. The lowest BCUT2D eigenvalue weighted by Crippen LogP contribution is -2.81. The van der Waals surface area contributed by atoms with Gasteiger partial charge in [-0.1, -0.05) is 55.4 Å². The van der Waals surface area contributed by atoms with Crippen LogP contribution in [0.1, 0.15) is 82.1 Å². The number of fused-ring (bicyclic) bond motifs is 5. The third kappa shape index (κ3) is 5.44. The molecule has 2 aliphatic heterocycles. The van der Waals surface area contributed by atoms with Crippen LogP contribution in [0.25, 0.3) is 0 Å². The van der Waals surface area contributed by atoms with Crippen molar-refractivity contribution in [3.8, 4) is 0 Å². The Balaban J connectivity index is 1.86. The van der Waals surface area contributed by atoms with E-state index in [-0.39, 0.29) is 12.4 Å².